The van der Waals surface area contributed by atoms with Crippen molar-refractivity contribution in [2.45, 2.75) is 25.3 Å². The molecule has 1 saturated carbocycles. The fraction of sp³-hybridized carbons (Fsp3) is 0.615. The summed E-state index contributed by atoms with van der Waals surface area (Å²) >= 11 is 0. The van der Waals surface area contributed by atoms with E-state index in [0.29, 0.717) is 5.95 Å². The van der Waals surface area contributed by atoms with Crippen LogP contribution in [0.1, 0.15) is 19.3 Å². The van der Waals surface area contributed by atoms with Crippen LogP contribution in [0.25, 0.3) is 0 Å². The molecule has 2 unspecified atom stereocenters. The van der Waals surface area contributed by atoms with Crippen molar-refractivity contribution >= 4 is 11.9 Å². The molecule has 1 fully saturated rings. The number of aromatic nitrogens is 2. The van der Waals surface area contributed by atoms with E-state index in [1.54, 1.807) is 30.4 Å². The Morgan fingerprint density at radius 2 is 2.21 bits per heavy atom. The molecule has 0 spiro atoms. The molecule has 1 aromatic heterocycles. The summed E-state index contributed by atoms with van der Waals surface area (Å²) in [6.07, 6.45) is 6.29. The Kier molecular flexibility index (Phi) is 4.68. The van der Waals surface area contributed by atoms with Gasteiger partial charge in [0, 0.05) is 38.0 Å². The molecule has 0 aromatic carbocycles. The van der Waals surface area contributed by atoms with E-state index in [2.05, 4.69) is 15.3 Å². The van der Waals surface area contributed by atoms with Gasteiger partial charge in [-0.25, -0.2) is 9.97 Å². The Morgan fingerprint density at radius 3 is 2.89 bits per heavy atom. The highest BCUT2D eigenvalue weighted by atomic mass is 16.3. The molecular weight excluding hydrogens is 244 g/mol. The lowest BCUT2D eigenvalue weighted by Gasteiger charge is -2.21. The predicted octanol–water partition coefficient (Wildman–Crippen LogP) is 0.190. The zero-order chi connectivity index (χ0) is 13.7. The molecule has 1 heterocycles. The van der Waals surface area contributed by atoms with E-state index in [1.807, 2.05) is 0 Å². The third-order valence-corrected chi connectivity index (χ3v) is 3.51. The maximum atomic E-state index is 12.0. The smallest absolute Gasteiger partial charge is 0.239 e. The summed E-state index contributed by atoms with van der Waals surface area (Å²) in [5.41, 5.74) is 0. The van der Waals surface area contributed by atoms with Crippen molar-refractivity contribution in [3.63, 3.8) is 0 Å². The first-order chi connectivity index (χ1) is 9.20. The molecule has 1 aliphatic rings. The highest BCUT2D eigenvalue weighted by Crippen LogP contribution is 2.24. The SMILES string of the molecule is CN(CC(=O)NC1CCCC1CO)c1ncccn1. The van der Waals surface area contributed by atoms with Gasteiger partial charge in [-0.05, 0) is 18.9 Å². The molecular formula is C13H20N4O2. The lowest BCUT2D eigenvalue weighted by molar-refractivity contribution is -0.120. The van der Waals surface area contributed by atoms with E-state index in [4.69, 9.17) is 0 Å². The molecule has 0 aliphatic heterocycles. The van der Waals surface area contributed by atoms with Gasteiger partial charge in [-0.1, -0.05) is 6.42 Å². The standard InChI is InChI=1S/C13H20N4O2/c1-17(13-14-6-3-7-15-13)8-12(19)16-11-5-2-4-10(11)9-18/h3,6-7,10-11,18H,2,4-5,8-9H2,1H3,(H,16,19). The Labute approximate surface area is 112 Å². The third-order valence-electron chi connectivity index (χ3n) is 3.51. The van der Waals surface area contributed by atoms with Crippen LogP contribution in [0.4, 0.5) is 5.95 Å². The molecule has 104 valence electrons. The zero-order valence-electron chi connectivity index (χ0n) is 11.1. The van der Waals surface area contributed by atoms with Gasteiger partial charge in [0.15, 0.2) is 0 Å². The maximum absolute atomic E-state index is 12.0. The molecule has 0 bridgehead atoms. The van der Waals surface area contributed by atoms with Gasteiger partial charge in [-0.2, -0.15) is 0 Å². The van der Waals surface area contributed by atoms with Crippen molar-refractivity contribution in [3.05, 3.63) is 18.5 Å². The van der Waals surface area contributed by atoms with E-state index in [-0.39, 0.29) is 31.0 Å². The van der Waals surface area contributed by atoms with Crippen molar-refractivity contribution in [2.24, 2.45) is 5.92 Å². The second-order valence-electron chi connectivity index (χ2n) is 4.95. The lowest BCUT2D eigenvalue weighted by Crippen LogP contribution is -2.43. The number of hydrogen-bond acceptors (Lipinski definition) is 5. The van der Waals surface area contributed by atoms with Gasteiger partial charge in [-0.3, -0.25) is 4.79 Å². The average Bonchev–Trinajstić information content (AvgIpc) is 2.86. The van der Waals surface area contributed by atoms with Crippen LogP contribution < -0.4 is 10.2 Å². The van der Waals surface area contributed by atoms with Crippen LogP contribution in [0.5, 0.6) is 0 Å². The number of anilines is 1. The van der Waals surface area contributed by atoms with E-state index in [9.17, 15) is 9.90 Å². The fourth-order valence-corrected chi connectivity index (χ4v) is 2.47. The summed E-state index contributed by atoms with van der Waals surface area (Å²) in [7, 11) is 1.78. The molecule has 1 amide bonds. The Morgan fingerprint density at radius 1 is 1.47 bits per heavy atom. The van der Waals surface area contributed by atoms with E-state index >= 15 is 0 Å². The van der Waals surface area contributed by atoms with E-state index < -0.39 is 0 Å². The van der Waals surface area contributed by atoms with Crippen molar-refractivity contribution < 1.29 is 9.90 Å². The first kappa shape index (κ1) is 13.7. The molecule has 0 radical (unpaired) electrons. The zero-order valence-corrected chi connectivity index (χ0v) is 11.1. The molecule has 2 atom stereocenters. The van der Waals surface area contributed by atoms with Gasteiger partial charge in [0.05, 0.1) is 6.54 Å². The van der Waals surface area contributed by atoms with E-state index in [0.717, 1.165) is 19.3 Å². The number of hydrogen-bond donors (Lipinski definition) is 2. The van der Waals surface area contributed by atoms with Gasteiger partial charge in [0.25, 0.3) is 0 Å². The maximum Gasteiger partial charge on any atom is 0.239 e. The molecule has 6 nitrogen and oxygen atoms in total. The second-order valence-corrected chi connectivity index (χ2v) is 4.95. The number of nitrogens with one attached hydrogen (secondary N) is 1. The second kappa shape index (κ2) is 6.47. The molecule has 19 heavy (non-hydrogen) atoms. The highest BCUT2D eigenvalue weighted by Gasteiger charge is 2.28. The quantitative estimate of drug-likeness (QED) is 0.794. The topological polar surface area (TPSA) is 78.4 Å². The Hall–Kier alpha value is -1.69. The van der Waals surface area contributed by atoms with Crippen LogP contribution in [0.3, 0.4) is 0 Å². The number of aliphatic hydroxyl groups is 1. The molecule has 1 aliphatic carbocycles. The molecule has 2 rings (SSSR count). The lowest BCUT2D eigenvalue weighted by atomic mass is 10.1. The number of amides is 1. The highest BCUT2D eigenvalue weighted by molar-refractivity contribution is 5.80. The predicted molar refractivity (Wildman–Crippen MR) is 71.7 cm³/mol. The molecule has 6 heteroatoms. The summed E-state index contributed by atoms with van der Waals surface area (Å²) in [6.45, 7) is 0.362. The summed E-state index contributed by atoms with van der Waals surface area (Å²) in [5, 5.41) is 12.2. The van der Waals surface area contributed by atoms with Crippen LogP contribution in [0.15, 0.2) is 18.5 Å². The largest absolute Gasteiger partial charge is 0.396 e. The van der Waals surface area contributed by atoms with Crippen LogP contribution in [0, 0.1) is 5.92 Å². The summed E-state index contributed by atoms with van der Waals surface area (Å²) < 4.78 is 0. The number of carbonyl (C=O) groups is 1. The van der Waals surface area contributed by atoms with Gasteiger partial charge in [-0.15, -0.1) is 0 Å². The van der Waals surface area contributed by atoms with Gasteiger partial charge < -0.3 is 15.3 Å². The average molecular weight is 264 g/mol. The minimum absolute atomic E-state index is 0.0553. The molecule has 1 aromatic rings. The van der Waals surface area contributed by atoms with Gasteiger partial charge >= 0.3 is 0 Å². The Bertz CT molecular complexity index is 412. The third kappa shape index (κ3) is 3.64. The number of carbonyl (C=O) groups excluding carboxylic acids is 1. The minimum atomic E-state index is -0.0553. The van der Waals surface area contributed by atoms with Crippen molar-refractivity contribution in [1.82, 2.24) is 15.3 Å². The van der Waals surface area contributed by atoms with Crippen LogP contribution >= 0.6 is 0 Å². The minimum Gasteiger partial charge on any atom is -0.396 e. The first-order valence-electron chi connectivity index (χ1n) is 6.59. The number of nitrogens with zero attached hydrogens (tertiary/aromatic N) is 3. The summed E-state index contributed by atoms with van der Waals surface area (Å²) in [4.78, 5) is 21.8. The van der Waals surface area contributed by atoms with E-state index in [1.165, 1.54) is 0 Å². The Balaban J connectivity index is 1.84. The molecule has 2 N–H and O–H groups in total. The monoisotopic (exact) mass is 264 g/mol. The van der Waals surface area contributed by atoms with Gasteiger partial charge in [0.1, 0.15) is 0 Å². The number of aliphatic hydroxyl groups excluding tert-OH is 1. The first-order valence-corrected chi connectivity index (χ1v) is 6.59. The van der Waals surface area contributed by atoms with Gasteiger partial charge in [0.2, 0.25) is 11.9 Å². The van der Waals surface area contributed by atoms with Crippen molar-refractivity contribution in [3.8, 4) is 0 Å². The summed E-state index contributed by atoms with van der Waals surface area (Å²) in [6, 6.07) is 1.84. The molecule has 0 saturated heterocycles. The number of likely N-dealkylation sites (N-methyl/N-ethyl adjacent to an activating group) is 1. The number of rotatable bonds is 5. The van der Waals surface area contributed by atoms with Crippen LogP contribution in [-0.4, -0.2) is 47.2 Å². The van der Waals surface area contributed by atoms with Crippen molar-refractivity contribution in [1.29, 1.82) is 0 Å². The van der Waals surface area contributed by atoms with Crippen LogP contribution in [-0.2, 0) is 4.79 Å². The normalized spacial score (nSPS) is 22.2. The fourth-order valence-electron chi connectivity index (χ4n) is 2.47. The summed E-state index contributed by atoms with van der Waals surface area (Å²) in [5.74, 6) is 0.672. The van der Waals surface area contributed by atoms with Crippen LogP contribution in [0.2, 0.25) is 0 Å². The van der Waals surface area contributed by atoms with Crippen molar-refractivity contribution in [2.75, 3.05) is 25.1 Å².